The van der Waals surface area contributed by atoms with Gasteiger partial charge in [0.15, 0.2) is 0 Å². The first-order valence-corrected chi connectivity index (χ1v) is 9.90. The molecule has 1 saturated heterocycles. The van der Waals surface area contributed by atoms with Crippen LogP contribution in [0.2, 0.25) is 5.02 Å². The largest absolute Gasteiger partial charge is 0.379 e. The average Bonchev–Trinajstić information content (AvgIpc) is 2.64. The van der Waals surface area contributed by atoms with Gasteiger partial charge in [-0.25, -0.2) is 0 Å². The number of thioether (sulfide) groups is 1. The predicted octanol–water partition coefficient (Wildman–Crippen LogP) is 1.73. The molecule has 1 amide bonds. The molecule has 1 N–H and O–H groups in total. The molecule has 140 valence electrons. The number of ether oxygens (including phenoxy) is 1. The minimum Gasteiger partial charge on any atom is -0.379 e. The molecule has 1 aliphatic heterocycles. The second-order valence-corrected chi connectivity index (χ2v) is 7.61. The zero-order valence-electron chi connectivity index (χ0n) is 14.7. The molecule has 0 unspecified atom stereocenters. The van der Waals surface area contributed by atoms with Gasteiger partial charge >= 0.3 is 0 Å². The van der Waals surface area contributed by atoms with E-state index in [4.69, 9.17) is 16.3 Å². The Morgan fingerprint density at radius 3 is 2.85 bits per heavy atom. The lowest BCUT2D eigenvalue weighted by molar-refractivity contribution is -0.118. The topological polar surface area (TPSA) is 63.6 Å². The summed E-state index contributed by atoms with van der Waals surface area (Å²) in [5, 5.41) is 4.43. The summed E-state index contributed by atoms with van der Waals surface area (Å²) < 4.78 is 6.87. The van der Waals surface area contributed by atoms with Crippen molar-refractivity contribution in [2.24, 2.45) is 7.05 Å². The molecule has 0 spiro atoms. The molecule has 8 heteroatoms. The Labute approximate surface area is 161 Å². The molecule has 1 aliphatic rings. The summed E-state index contributed by atoms with van der Waals surface area (Å²) in [5.41, 5.74) is 0.648. The van der Waals surface area contributed by atoms with Crippen LogP contribution in [0.3, 0.4) is 0 Å². The maximum atomic E-state index is 12.1. The molecular weight excluding hydrogens is 374 g/mol. The second-order valence-electron chi connectivity index (χ2n) is 6.16. The highest BCUT2D eigenvalue weighted by Gasteiger charge is 2.12. The Hall–Kier alpha value is -1.54. The maximum Gasteiger partial charge on any atom is 0.251 e. The van der Waals surface area contributed by atoms with Crippen molar-refractivity contribution in [1.29, 1.82) is 0 Å². The third-order valence-electron chi connectivity index (χ3n) is 4.38. The van der Waals surface area contributed by atoms with Crippen LogP contribution in [-0.2, 0) is 16.6 Å². The smallest absolute Gasteiger partial charge is 0.251 e. The fourth-order valence-electron chi connectivity index (χ4n) is 2.89. The average molecular weight is 396 g/mol. The van der Waals surface area contributed by atoms with Crippen LogP contribution in [-0.4, -0.2) is 60.5 Å². The molecule has 2 aromatic rings. The zero-order chi connectivity index (χ0) is 18.5. The van der Waals surface area contributed by atoms with Gasteiger partial charge in [-0.1, -0.05) is 17.7 Å². The Morgan fingerprint density at radius 1 is 1.31 bits per heavy atom. The van der Waals surface area contributed by atoms with Crippen LogP contribution < -0.4 is 10.9 Å². The third-order valence-corrected chi connectivity index (χ3v) is 5.67. The lowest BCUT2D eigenvalue weighted by Crippen LogP contribution is -2.41. The van der Waals surface area contributed by atoms with Gasteiger partial charge in [0.25, 0.3) is 5.56 Å². The summed E-state index contributed by atoms with van der Waals surface area (Å²) in [7, 11) is 1.72. The van der Waals surface area contributed by atoms with Crippen LogP contribution in [0, 0.1) is 0 Å². The number of nitrogens with zero attached hydrogens (tertiary/aromatic N) is 2. The summed E-state index contributed by atoms with van der Waals surface area (Å²) in [6.07, 6.45) is 0. The Bertz CT molecular complexity index is 849. The normalized spacial score (nSPS) is 15.3. The Balaban J connectivity index is 1.58. The number of pyridine rings is 1. The lowest BCUT2D eigenvalue weighted by Gasteiger charge is -2.26. The van der Waals surface area contributed by atoms with Gasteiger partial charge in [-0.2, -0.15) is 0 Å². The summed E-state index contributed by atoms with van der Waals surface area (Å²) in [5.74, 6) is 0.236. The van der Waals surface area contributed by atoms with Gasteiger partial charge in [0.2, 0.25) is 5.91 Å². The molecule has 1 aromatic heterocycles. The van der Waals surface area contributed by atoms with Gasteiger partial charge in [-0.05, 0) is 12.1 Å². The molecule has 1 fully saturated rings. The first kappa shape index (κ1) is 19.2. The van der Waals surface area contributed by atoms with E-state index in [-0.39, 0.29) is 17.2 Å². The number of hydrogen-bond acceptors (Lipinski definition) is 5. The van der Waals surface area contributed by atoms with E-state index in [1.54, 1.807) is 29.8 Å². The lowest BCUT2D eigenvalue weighted by atomic mass is 10.2. The van der Waals surface area contributed by atoms with Crippen molar-refractivity contribution >= 4 is 40.2 Å². The number of hydrogen-bond donors (Lipinski definition) is 1. The standard InChI is InChI=1S/C18H22ClN3O3S/c1-21-15-10-13(19)2-3-14(15)16(11-18(21)24)26-12-17(23)20-4-5-22-6-8-25-9-7-22/h2-3,10-11H,4-9,12H2,1H3,(H,20,23). The number of aromatic nitrogens is 1. The molecule has 3 rings (SSSR count). The van der Waals surface area contributed by atoms with E-state index in [2.05, 4.69) is 10.2 Å². The first-order chi connectivity index (χ1) is 12.5. The minimum atomic E-state index is -0.116. The van der Waals surface area contributed by atoms with Crippen molar-refractivity contribution in [1.82, 2.24) is 14.8 Å². The quantitative estimate of drug-likeness (QED) is 0.755. The number of halogens is 1. The van der Waals surface area contributed by atoms with Gasteiger partial charge in [0.1, 0.15) is 0 Å². The molecule has 0 bridgehead atoms. The van der Waals surface area contributed by atoms with E-state index >= 15 is 0 Å². The summed E-state index contributed by atoms with van der Waals surface area (Å²) >= 11 is 7.42. The van der Waals surface area contributed by atoms with Crippen molar-refractivity contribution < 1.29 is 9.53 Å². The summed E-state index contributed by atoms with van der Waals surface area (Å²) in [6, 6.07) is 7.02. The molecule has 26 heavy (non-hydrogen) atoms. The molecule has 1 aromatic carbocycles. The van der Waals surface area contributed by atoms with Gasteiger partial charge in [-0.3, -0.25) is 14.5 Å². The van der Waals surface area contributed by atoms with Crippen molar-refractivity contribution in [2.75, 3.05) is 45.1 Å². The number of carbonyl (C=O) groups is 1. The fraction of sp³-hybridized carbons (Fsp3) is 0.444. The Morgan fingerprint density at radius 2 is 2.08 bits per heavy atom. The molecule has 0 atom stereocenters. The highest BCUT2D eigenvalue weighted by Crippen LogP contribution is 2.28. The molecule has 0 aliphatic carbocycles. The first-order valence-electron chi connectivity index (χ1n) is 8.53. The van der Waals surface area contributed by atoms with E-state index in [0.29, 0.717) is 11.6 Å². The van der Waals surface area contributed by atoms with Gasteiger partial charge in [0.05, 0.1) is 24.5 Å². The third kappa shape index (κ3) is 4.79. The fourth-order valence-corrected chi connectivity index (χ4v) is 3.96. The van der Waals surface area contributed by atoms with Crippen LogP contribution in [0.1, 0.15) is 0 Å². The molecular formula is C18H22ClN3O3S. The molecule has 6 nitrogen and oxygen atoms in total. The van der Waals surface area contributed by atoms with Crippen molar-refractivity contribution in [3.8, 4) is 0 Å². The van der Waals surface area contributed by atoms with Crippen LogP contribution >= 0.6 is 23.4 Å². The molecule has 0 saturated carbocycles. The Kier molecular flexibility index (Phi) is 6.58. The van der Waals surface area contributed by atoms with E-state index in [9.17, 15) is 9.59 Å². The summed E-state index contributed by atoms with van der Waals surface area (Å²) in [4.78, 5) is 27.3. The number of benzene rings is 1. The highest BCUT2D eigenvalue weighted by molar-refractivity contribution is 8.00. The van der Waals surface area contributed by atoms with Crippen LogP contribution in [0.4, 0.5) is 0 Å². The molecule has 2 heterocycles. The minimum absolute atomic E-state index is 0.0361. The number of nitrogens with one attached hydrogen (secondary N) is 1. The van der Waals surface area contributed by atoms with E-state index in [0.717, 1.165) is 48.6 Å². The SMILES string of the molecule is Cn1c(=O)cc(SCC(=O)NCCN2CCOCC2)c2ccc(Cl)cc21. The monoisotopic (exact) mass is 395 g/mol. The zero-order valence-corrected chi connectivity index (χ0v) is 16.2. The van der Waals surface area contributed by atoms with E-state index in [1.807, 2.05) is 6.07 Å². The number of amides is 1. The van der Waals surface area contributed by atoms with Gasteiger partial charge < -0.3 is 14.6 Å². The second kappa shape index (κ2) is 8.90. The maximum absolute atomic E-state index is 12.1. The van der Waals surface area contributed by atoms with Gasteiger partial charge in [-0.15, -0.1) is 11.8 Å². The highest BCUT2D eigenvalue weighted by atomic mass is 35.5. The number of fused-ring (bicyclic) bond motifs is 1. The number of carbonyl (C=O) groups excluding carboxylic acids is 1. The van der Waals surface area contributed by atoms with Crippen molar-refractivity contribution in [3.63, 3.8) is 0 Å². The van der Waals surface area contributed by atoms with E-state index < -0.39 is 0 Å². The number of rotatable bonds is 6. The van der Waals surface area contributed by atoms with Crippen LogP contribution in [0.5, 0.6) is 0 Å². The van der Waals surface area contributed by atoms with Crippen LogP contribution in [0.15, 0.2) is 34.0 Å². The van der Waals surface area contributed by atoms with Crippen LogP contribution in [0.25, 0.3) is 10.9 Å². The molecule has 0 radical (unpaired) electrons. The van der Waals surface area contributed by atoms with Gasteiger partial charge in [0, 0.05) is 54.6 Å². The number of morpholine rings is 1. The van der Waals surface area contributed by atoms with E-state index in [1.165, 1.54) is 11.8 Å². The predicted molar refractivity (Wildman–Crippen MR) is 105 cm³/mol. The summed E-state index contributed by atoms with van der Waals surface area (Å²) in [6.45, 7) is 4.77. The number of aryl methyl sites for hydroxylation is 1. The van der Waals surface area contributed by atoms with Crippen molar-refractivity contribution in [2.45, 2.75) is 4.90 Å². The van der Waals surface area contributed by atoms with Crippen molar-refractivity contribution in [3.05, 3.63) is 39.6 Å².